The Hall–Kier alpha value is -2.66. The number of ether oxygens (including phenoxy) is 1. The van der Waals surface area contributed by atoms with Crippen LogP contribution in [-0.4, -0.2) is 23.9 Å². The maximum Gasteiger partial charge on any atom is 0.198 e. The Kier molecular flexibility index (Phi) is 6.60. The summed E-state index contributed by atoms with van der Waals surface area (Å²) < 4.78 is 11.8. The maximum atomic E-state index is 12.2. The quantitative estimate of drug-likeness (QED) is 0.417. The number of benzene rings is 1. The number of aromatic nitrogens is 1. The molecule has 0 bridgehead atoms. The van der Waals surface area contributed by atoms with Gasteiger partial charge in [0.1, 0.15) is 11.3 Å². The number of rotatable bonds is 10. The predicted octanol–water partition coefficient (Wildman–Crippen LogP) is 4.68. The molecule has 3 rings (SSSR count). The van der Waals surface area contributed by atoms with Crippen LogP contribution in [0, 0.1) is 6.92 Å². The molecule has 27 heavy (non-hydrogen) atoms. The average molecular weight is 366 g/mol. The summed E-state index contributed by atoms with van der Waals surface area (Å²) in [6.45, 7) is 6.18. The lowest BCUT2D eigenvalue weighted by molar-refractivity contribution is 0.0956. The van der Waals surface area contributed by atoms with Crippen LogP contribution in [0.25, 0.3) is 11.0 Å². The van der Waals surface area contributed by atoms with Crippen LogP contribution in [0.2, 0.25) is 0 Å². The van der Waals surface area contributed by atoms with Crippen molar-refractivity contribution in [2.45, 2.75) is 39.7 Å². The zero-order valence-electron chi connectivity index (χ0n) is 16.0. The van der Waals surface area contributed by atoms with Crippen LogP contribution in [0.5, 0.6) is 5.75 Å². The van der Waals surface area contributed by atoms with E-state index in [1.54, 1.807) is 6.20 Å². The second kappa shape index (κ2) is 9.33. The minimum atomic E-state index is 0.0525. The smallest absolute Gasteiger partial charge is 0.198 e. The number of fused-ring (bicyclic) bond motifs is 1. The van der Waals surface area contributed by atoms with Crippen LogP contribution in [0.3, 0.4) is 0 Å². The van der Waals surface area contributed by atoms with Gasteiger partial charge < -0.3 is 14.5 Å². The van der Waals surface area contributed by atoms with Gasteiger partial charge >= 0.3 is 0 Å². The lowest BCUT2D eigenvalue weighted by Gasteiger charge is -2.08. The SMILES string of the molecule is CCCC(=O)c1oc2cccc(OCCCNCc3cccnc3)c2c1C. The summed E-state index contributed by atoms with van der Waals surface area (Å²) in [5.41, 5.74) is 2.74. The number of ketones is 1. The molecule has 0 aliphatic rings. The van der Waals surface area contributed by atoms with Gasteiger partial charge in [0.05, 0.1) is 12.0 Å². The number of nitrogens with one attached hydrogen (secondary N) is 1. The third kappa shape index (κ3) is 4.74. The molecule has 5 heteroatoms. The van der Waals surface area contributed by atoms with E-state index in [0.29, 0.717) is 24.4 Å². The highest BCUT2D eigenvalue weighted by Gasteiger charge is 2.19. The summed E-state index contributed by atoms with van der Waals surface area (Å²) in [6, 6.07) is 9.70. The fraction of sp³-hybridized carbons (Fsp3) is 0.364. The van der Waals surface area contributed by atoms with E-state index in [-0.39, 0.29) is 5.78 Å². The molecule has 1 N–H and O–H groups in total. The fourth-order valence-corrected chi connectivity index (χ4v) is 3.11. The molecule has 0 aliphatic heterocycles. The maximum absolute atomic E-state index is 12.2. The van der Waals surface area contributed by atoms with Crippen molar-refractivity contribution in [1.29, 1.82) is 0 Å². The third-order valence-corrected chi connectivity index (χ3v) is 4.45. The first-order chi connectivity index (χ1) is 13.2. The molecule has 0 amide bonds. The molecule has 2 heterocycles. The Bertz CT molecular complexity index is 887. The molecule has 0 aliphatic carbocycles. The molecule has 0 unspecified atom stereocenters. The van der Waals surface area contributed by atoms with Gasteiger partial charge in [-0.3, -0.25) is 9.78 Å². The molecule has 142 valence electrons. The molecule has 0 radical (unpaired) electrons. The number of hydrogen-bond acceptors (Lipinski definition) is 5. The number of carbonyl (C=O) groups is 1. The lowest BCUT2D eigenvalue weighted by Crippen LogP contribution is -2.17. The first-order valence-electron chi connectivity index (χ1n) is 9.48. The van der Waals surface area contributed by atoms with Crippen molar-refractivity contribution in [3.63, 3.8) is 0 Å². The first-order valence-corrected chi connectivity index (χ1v) is 9.48. The number of furan rings is 1. The number of Topliss-reactive ketones (excluding diaryl/α,β-unsaturated/α-hetero) is 1. The second-order valence-corrected chi connectivity index (χ2v) is 6.60. The van der Waals surface area contributed by atoms with E-state index in [9.17, 15) is 4.79 Å². The van der Waals surface area contributed by atoms with Gasteiger partial charge in [-0.15, -0.1) is 0 Å². The number of carbonyl (C=O) groups excluding carboxylic acids is 1. The molecule has 0 saturated carbocycles. The number of hydrogen-bond donors (Lipinski definition) is 1. The summed E-state index contributed by atoms with van der Waals surface area (Å²) in [7, 11) is 0. The van der Waals surface area contributed by atoms with Crippen LogP contribution in [0.15, 0.2) is 47.1 Å². The fourth-order valence-electron chi connectivity index (χ4n) is 3.11. The van der Waals surface area contributed by atoms with Gasteiger partial charge in [0, 0.05) is 30.9 Å². The van der Waals surface area contributed by atoms with E-state index in [1.807, 2.05) is 44.3 Å². The Labute approximate surface area is 159 Å². The number of pyridine rings is 1. The van der Waals surface area contributed by atoms with Crippen molar-refractivity contribution in [2.24, 2.45) is 0 Å². The van der Waals surface area contributed by atoms with E-state index in [0.717, 1.165) is 42.6 Å². The highest BCUT2D eigenvalue weighted by Crippen LogP contribution is 2.33. The molecule has 0 saturated heterocycles. The molecule has 5 nitrogen and oxygen atoms in total. The van der Waals surface area contributed by atoms with Crippen molar-refractivity contribution < 1.29 is 13.9 Å². The van der Waals surface area contributed by atoms with E-state index in [2.05, 4.69) is 16.4 Å². The topological polar surface area (TPSA) is 64.4 Å². The summed E-state index contributed by atoms with van der Waals surface area (Å²) in [5, 5.41) is 4.29. The Morgan fingerprint density at radius 3 is 2.93 bits per heavy atom. The van der Waals surface area contributed by atoms with Crippen LogP contribution in [-0.2, 0) is 6.54 Å². The average Bonchev–Trinajstić information content (AvgIpc) is 3.03. The molecular formula is C22H26N2O3. The normalized spacial score (nSPS) is 11.0. The molecule has 0 fully saturated rings. The summed E-state index contributed by atoms with van der Waals surface area (Å²) >= 11 is 0. The zero-order chi connectivity index (χ0) is 19.1. The number of aryl methyl sites for hydroxylation is 1. The van der Waals surface area contributed by atoms with E-state index < -0.39 is 0 Å². The van der Waals surface area contributed by atoms with E-state index >= 15 is 0 Å². The zero-order valence-corrected chi connectivity index (χ0v) is 16.0. The minimum Gasteiger partial charge on any atom is -0.493 e. The molecular weight excluding hydrogens is 340 g/mol. The Balaban J connectivity index is 1.56. The van der Waals surface area contributed by atoms with Gasteiger partial charge in [0.2, 0.25) is 0 Å². The molecule has 3 aromatic rings. The predicted molar refractivity (Wildman–Crippen MR) is 106 cm³/mol. The van der Waals surface area contributed by atoms with Gasteiger partial charge in [-0.1, -0.05) is 19.1 Å². The largest absolute Gasteiger partial charge is 0.493 e. The van der Waals surface area contributed by atoms with Gasteiger partial charge in [-0.2, -0.15) is 0 Å². The monoisotopic (exact) mass is 366 g/mol. The van der Waals surface area contributed by atoms with Gasteiger partial charge in [-0.25, -0.2) is 0 Å². The van der Waals surface area contributed by atoms with Crippen molar-refractivity contribution in [1.82, 2.24) is 10.3 Å². The standard InChI is InChI=1S/C22H26N2O3/c1-3-7-18(25)22-16(2)21-19(9-4-10-20(21)27-22)26-13-6-12-24-15-17-8-5-11-23-14-17/h4-5,8-11,14,24H,3,6-7,12-13,15H2,1-2H3. The van der Waals surface area contributed by atoms with Crippen LogP contribution < -0.4 is 10.1 Å². The summed E-state index contributed by atoms with van der Waals surface area (Å²) in [6.07, 6.45) is 5.83. The Morgan fingerprint density at radius 2 is 2.15 bits per heavy atom. The van der Waals surface area contributed by atoms with Crippen molar-refractivity contribution >= 4 is 16.8 Å². The van der Waals surface area contributed by atoms with Crippen LogP contribution >= 0.6 is 0 Å². The first kappa shape index (κ1) is 19.1. The molecule has 0 spiro atoms. The molecule has 1 aromatic carbocycles. The van der Waals surface area contributed by atoms with Gasteiger partial charge in [0.15, 0.2) is 11.5 Å². The lowest BCUT2D eigenvalue weighted by atomic mass is 10.1. The van der Waals surface area contributed by atoms with Crippen LogP contribution in [0.4, 0.5) is 0 Å². The van der Waals surface area contributed by atoms with Crippen LogP contribution in [0.1, 0.15) is 47.9 Å². The molecule has 0 atom stereocenters. The third-order valence-electron chi connectivity index (χ3n) is 4.45. The summed E-state index contributed by atoms with van der Waals surface area (Å²) in [5.74, 6) is 1.29. The van der Waals surface area contributed by atoms with E-state index in [1.165, 1.54) is 5.56 Å². The highest BCUT2D eigenvalue weighted by atomic mass is 16.5. The van der Waals surface area contributed by atoms with Crippen molar-refractivity contribution in [2.75, 3.05) is 13.2 Å². The summed E-state index contributed by atoms with van der Waals surface area (Å²) in [4.78, 5) is 16.4. The minimum absolute atomic E-state index is 0.0525. The van der Waals surface area contributed by atoms with E-state index in [4.69, 9.17) is 9.15 Å². The Morgan fingerprint density at radius 1 is 1.26 bits per heavy atom. The van der Waals surface area contributed by atoms with Crippen molar-refractivity contribution in [3.8, 4) is 5.75 Å². The second-order valence-electron chi connectivity index (χ2n) is 6.60. The van der Waals surface area contributed by atoms with Gasteiger partial charge in [0.25, 0.3) is 0 Å². The van der Waals surface area contributed by atoms with Gasteiger partial charge in [-0.05, 0) is 50.1 Å². The highest BCUT2D eigenvalue weighted by molar-refractivity contribution is 6.01. The van der Waals surface area contributed by atoms with Crippen molar-refractivity contribution in [3.05, 3.63) is 59.6 Å². The molecule has 2 aromatic heterocycles. The number of nitrogens with zero attached hydrogens (tertiary/aromatic N) is 1.